The molecule has 2 aromatic carbocycles. The van der Waals surface area contributed by atoms with E-state index in [-0.39, 0.29) is 17.5 Å². The van der Waals surface area contributed by atoms with Gasteiger partial charge in [0, 0.05) is 18.0 Å². The maximum Gasteiger partial charge on any atom is 0.319 e. The van der Waals surface area contributed by atoms with Crippen molar-refractivity contribution in [2.75, 3.05) is 12.4 Å². The van der Waals surface area contributed by atoms with Gasteiger partial charge in [0.15, 0.2) is 0 Å². The zero-order valence-electron chi connectivity index (χ0n) is 18.2. The Bertz CT molecular complexity index is 1010. The molecule has 0 radical (unpaired) electrons. The van der Waals surface area contributed by atoms with Gasteiger partial charge in [-0.2, -0.15) is 0 Å². The Hall–Kier alpha value is -3.34. The fourth-order valence-corrected chi connectivity index (χ4v) is 3.49. The zero-order chi connectivity index (χ0) is 21.7. The topological polar surface area (TPSA) is 63.2 Å². The lowest BCUT2D eigenvalue weighted by atomic mass is 9.83. The summed E-state index contributed by atoms with van der Waals surface area (Å²) in [5.74, 6) is 0.738. The van der Waals surface area contributed by atoms with E-state index in [1.54, 1.807) is 19.5 Å². The fourth-order valence-electron chi connectivity index (χ4n) is 3.49. The molecule has 0 saturated heterocycles. The largest absolute Gasteiger partial charge is 0.497 e. The van der Waals surface area contributed by atoms with Gasteiger partial charge in [-0.3, -0.25) is 4.98 Å². The summed E-state index contributed by atoms with van der Waals surface area (Å²) in [5.41, 5.74) is 4.59. The van der Waals surface area contributed by atoms with Crippen molar-refractivity contribution in [3.8, 4) is 16.9 Å². The normalized spacial score (nSPS) is 12.2. The second-order valence-corrected chi connectivity index (χ2v) is 8.41. The number of amides is 2. The Morgan fingerprint density at radius 3 is 2.43 bits per heavy atom. The number of carbonyl (C=O) groups is 1. The van der Waals surface area contributed by atoms with Gasteiger partial charge in [-0.25, -0.2) is 4.79 Å². The zero-order valence-corrected chi connectivity index (χ0v) is 18.2. The maximum atomic E-state index is 13.0. The van der Waals surface area contributed by atoms with Crippen molar-refractivity contribution < 1.29 is 9.53 Å². The van der Waals surface area contributed by atoms with E-state index < -0.39 is 0 Å². The van der Waals surface area contributed by atoms with Crippen LogP contribution in [0.2, 0.25) is 0 Å². The lowest BCUT2D eigenvalue weighted by molar-refractivity contribution is 0.229. The van der Waals surface area contributed by atoms with Crippen LogP contribution in [0.1, 0.15) is 37.9 Å². The SMILES string of the molecule is COc1ccc(NC(=O)NC(c2cccnc2)C(C)(C)C)c(-c2ccccc2C)c1. The van der Waals surface area contributed by atoms with Crippen LogP contribution in [0.3, 0.4) is 0 Å². The number of aryl methyl sites for hydroxylation is 1. The standard InChI is InChI=1S/C25H29N3O2/c1-17-9-6-7-11-20(17)21-15-19(30-5)12-13-22(21)27-24(29)28-23(25(2,3)4)18-10-8-14-26-16-18/h6-16,23H,1-5H3,(H2,27,28,29). The number of anilines is 1. The molecular formula is C25H29N3O2. The summed E-state index contributed by atoms with van der Waals surface area (Å²) in [7, 11) is 1.64. The molecule has 5 heteroatoms. The first-order valence-corrected chi connectivity index (χ1v) is 10.0. The molecule has 0 aliphatic heterocycles. The summed E-state index contributed by atoms with van der Waals surface area (Å²) in [4.78, 5) is 17.2. The summed E-state index contributed by atoms with van der Waals surface area (Å²) < 4.78 is 5.41. The predicted molar refractivity (Wildman–Crippen MR) is 122 cm³/mol. The third-order valence-corrected chi connectivity index (χ3v) is 5.07. The first-order valence-electron chi connectivity index (χ1n) is 10.0. The molecule has 0 bridgehead atoms. The molecule has 0 aliphatic rings. The van der Waals surface area contributed by atoms with E-state index >= 15 is 0 Å². The van der Waals surface area contributed by atoms with Crippen LogP contribution in [0.15, 0.2) is 67.0 Å². The van der Waals surface area contributed by atoms with Gasteiger partial charge >= 0.3 is 6.03 Å². The Morgan fingerprint density at radius 2 is 1.80 bits per heavy atom. The molecule has 30 heavy (non-hydrogen) atoms. The van der Waals surface area contributed by atoms with Gasteiger partial charge in [-0.15, -0.1) is 0 Å². The number of benzene rings is 2. The maximum absolute atomic E-state index is 13.0. The molecule has 0 aliphatic carbocycles. The molecule has 3 aromatic rings. The quantitative estimate of drug-likeness (QED) is 0.551. The third kappa shape index (κ3) is 4.98. The molecule has 1 heterocycles. The second-order valence-electron chi connectivity index (χ2n) is 8.41. The Kier molecular flexibility index (Phi) is 6.40. The van der Waals surface area contributed by atoms with Gasteiger partial charge in [-0.1, -0.05) is 51.1 Å². The summed E-state index contributed by atoms with van der Waals surface area (Å²) >= 11 is 0. The van der Waals surface area contributed by atoms with Crippen LogP contribution in [0.25, 0.3) is 11.1 Å². The number of hydrogen-bond donors (Lipinski definition) is 2. The minimum atomic E-state index is -0.265. The Labute approximate surface area is 178 Å². The van der Waals surface area contributed by atoms with Gasteiger partial charge in [0.25, 0.3) is 0 Å². The van der Waals surface area contributed by atoms with Crippen LogP contribution >= 0.6 is 0 Å². The Morgan fingerprint density at radius 1 is 1.03 bits per heavy atom. The van der Waals surface area contributed by atoms with Crippen molar-refractivity contribution in [1.82, 2.24) is 10.3 Å². The van der Waals surface area contributed by atoms with Gasteiger partial charge in [-0.05, 0) is 53.3 Å². The van der Waals surface area contributed by atoms with Crippen LogP contribution in [0, 0.1) is 12.3 Å². The summed E-state index contributed by atoms with van der Waals surface area (Å²) in [6, 6.07) is 17.2. The fraction of sp³-hybridized carbons (Fsp3) is 0.280. The number of nitrogens with zero attached hydrogens (tertiary/aromatic N) is 1. The van der Waals surface area contributed by atoms with E-state index in [2.05, 4.69) is 49.4 Å². The van der Waals surface area contributed by atoms with E-state index in [1.165, 1.54) is 0 Å². The van der Waals surface area contributed by atoms with E-state index in [9.17, 15) is 4.79 Å². The summed E-state index contributed by atoms with van der Waals surface area (Å²) in [6.45, 7) is 8.34. The van der Waals surface area contributed by atoms with Gasteiger partial charge in [0.1, 0.15) is 5.75 Å². The lowest BCUT2D eigenvalue weighted by Crippen LogP contribution is -2.39. The van der Waals surface area contributed by atoms with Crippen molar-refractivity contribution in [3.63, 3.8) is 0 Å². The van der Waals surface area contributed by atoms with Crippen LogP contribution in [0.4, 0.5) is 10.5 Å². The smallest absolute Gasteiger partial charge is 0.319 e. The number of aromatic nitrogens is 1. The number of carbonyl (C=O) groups excluding carboxylic acids is 1. The highest BCUT2D eigenvalue weighted by Gasteiger charge is 2.28. The molecule has 1 unspecified atom stereocenters. The predicted octanol–water partition coefficient (Wildman–Crippen LogP) is 5.97. The molecule has 2 amide bonds. The number of rotatable bonds is 5. The molecule has 3 rings (SSSR count). The van der Waals surface area contributed by atoms with Gasteiger partial charge < -0.3 is 15.4 Å². The molecule has 1 aromatic heterocycles. The minimum Gasteiger partial charge on any atom is -0.497 e. The van der Waals surface area contributed by atoms with Crippen molar-refractivity contribution in [1.29, 1.82) is 0 Å². The van der Waals surface area contributed by atoms with Gasteiger partial charge in [0.2, 0.25) is 0 Å². The van der Waals surface area contributed by atoms with Crippen LogP contribution in [0.5, 0.6) is 5.75 Å². The number of methoxy groups -OCH3 is 1. The van der Waals surface area contributed by atoms with E-state index in [0.29, 0.717) is 0 Å². The van der Waals surface area contributed by atoms with Crippen molar-refractivity contribution in [2.24, 2.45) is 5.41 Å². The van der Waals surface area contributed by atoms with E-state index in [4.69, 9.17) is 4.74 Å². The van der Waals surface area contributed by atoms with Crippen LogP contribution in [-0.4, -0.2) is 18.1 Å². The Balaban J connectivity index is 1.90. The van der Waals surface area contributed by atoms with E-state index in [0.717, 1.165) is 33.7 Å². The highest BCUT2D eigenvalue weighted by molar-refractivity contribution is 5.95. The number of pyridine rings is 1. The highest BCUT2D eigenvalue weighted by atomic mass is 16.5. The van der Waals surface area contributed by atoms with E-state index in [1.807, 2.05) is 48.5 Å². The van der Waals surface area contributed by atoms with Crippen molar-refractivity contribution >= 4 is 11.7 Å². The molecule has 0 saturated carbocycles. The average Bonchev–Trinajstić information content (AvgIpc) is 2.72. The highest BCUT2D eigenvalue weighted by Crippen LogP contribution is 2.35. The lowest BCUT2D eigenvalue weighted by Gasteiger charge is -2.31. The number of nitrogens with one attached hydrogen (secondary N) is 2. The van der Waals surface area contributed by atoms with Gasteiger partial charge in [0.05, 0.1) is 18.8 Å². The van der Waals surface area contributed by atoms with Crippen molar-refractivity contribution in [2.45, 2.75) is 33.7 Å². The molecule has 0 fully saturated rings. The first-order chi connectivity index (χ1) is 14.3. The number of urea groups is 1. The number of hydrogen-bond acceptors (Lipinski definition) is 3. The number of ether oxygens (including phenoxy) is 1. The second kappa shape index (κ2) is 8.99. The first kappa shape index (κ1) is 21.4. The van der Waals surface area contributed by atoms with Crippen molar-refractivity contribution in [3.05, 3.63) is 78.1 Å². The molecule has 2 N–H and O–H groups in total. The molecule has 5 nitrogen and oxygen atoms in total. The summed E-state index contributed by atoms with van der Waals surface area (Å²) in [6.07, 6.45) is 3.53. The van der Waals surface area contributed by atoms with Crippen LogP contribution < -0.4 is 15.4 Å². The monoisotopic (exact) mass is 403 g/mol. The molecule has 156 valence electrons. The molecular weight excluding hydrogens is 374 g/mol. The molecule has 1 atom stereocenters. The molecule has 0 spiro atoms. The third-order valence-electron chi connectivity index (χ3n) is 5.07. The minimum absolute atomic E-state index is 0.181. The van der Waals surface area contributed by atoms with Crippen LogP contribution in [-0.2, 0) is 0 Å². The summed E-state index contributed by atoms with van der Waals surface area (Å²) in [5, 5.41) is 6.16. The average molecular weight is 404 g/mol.